The van der Waals surface area contributed by atoms with Crippen LogP contribution in [-0.4, -0.2) is 33.8 Å². The van der Waals surface area contributed by atoms with Crippen molar-refractivity contribution in [3.05, 3.63) is 53.6 Å². The molecule has 0 aliphatic carbocycles. The van der Waals surface area contributed by atoms with Crippen molar-refractivity contribution in [2.75, 3.05) is 19.5 Å². The Kier molecular flexibility index (Phi) is 7.67. The summed E-state index contributed by atoms with van der Waals surface area (Å²) >= 11 is 0. The van der Waals surface area contributed by atoms with Gasteiger partial charge in [-0.1, -0.05) is 39.0 Å². The molecule has 0 saturated heterocycles. The van der Waals surface area contributed by atoms with Crippen LogP contribution < -0.4 is 14.8 Å². The maximum absolute atomic E-state index is 12.8. The fraction of sp³-hybridized carbons (Fsp3) is 0.409. The van der Waals surface area contributed by atoms with Gasteiger partial charge in [0.2, 0.25) is 0 Å². The Balaban J connectivity index is 2.23. The number of methoxy groups -OCH3 is 1. The first kappa shape index (κ1) is 22.7. The minimum Gasteiger partial charge on any atom is -0.493 e. The van der Waals surface area contributed by atoms with E-state index in [4.69, 9.17) is 9.47 Å². The van der Waals surface area contributed by atoms with Crippen LogP contribution in [0.5, 0.6) is 11.5 Å². The van der Waals surface area contributed by atoms with Crippen LogP contribution in [0.15, 0.2) is 47.4 Å². The predicted molar refractivity (Wildman–Crippen MR) is 113 cm³/mol. The average molecular weight is 420 g/mol. The van der Waals surface area contributed by atoms with Gasteiger partial charge in [0.15, 0.2) is 21.3 Å². The molecule has 7 heteroatoms. The second-order valence-corrected chi connectivity index (χ2v) is 9.46. The highest BCUT2D eigenvalue weighted by Gasteiger charge is 2.22. The summed E-state index contributed by atoms with van der Waals surface area (Å²) in [5.41, 5.74) is 0.966. The van der Waals surface area contributed by atoms with Gasteiger partial charge < -0.3 is 14.8 Å². The van der Waals surface area contributed by atoms with Crippen molar-refractivity contribution in [1.29, 1.82) is 0 Å². The number of ether oxygens (including phenoxy) is 2. The maximum Gasteiger partial charge on any atom is 0.253 e. The van der Waals surface area contributed by atoms with Crippen molar-refractivity contribution < 1.29 is 22.7 Å². The smallest absolute Gasteiger partial charge is 0.253 e. The predicted octanol–water partition coefficient (Wildman–Crippen LogP) is 4.01. The van der Waals surface area contributed by atoms with Crippen LogP contribution in [0.1, 0.15) is 49.7 Å². The largest absolute Gasteiger partial charge is 0.493 e. The van der Waals surface area contributed by atoms with E-state index >= 15 is 0 Å². The van der Waals surface area contributed by atoms with Crippen LogP contribution in [0.2, 0.25) is 0 Å². The van der Waals surface area contributed by atoms with Gasteiger partial charge in [-0.15, -0.1) is 0 Å². The van der Waals surface area contributed by atoms with Crippen molar-refractivity contribution in [3.63, 3.8) is 0 Å². The molecule has 2 rings (SSSR count). The first-order valence-corrected chi connectivity index (χ1v) is 11.3. The summed E-state index contributed by atoms with van der Waals surface area (Å²) in [5, 5.41) is 2.87. The van der Waals surface area contributed by atoms with E-state index < -0.39 is 15.7 Å². The van der Waals surface area contributed by atoms with Crippen LogP contribution in [0.4, 0.5) is 0 Å². The van der Waals surface area contributed by atoms with E-state index in [1.165, 1.54) is 12.1 Å². The molecule has 0 aromatic heterocycles. The van der Waals surface area contributed by atoms with E-state index in [2.05, 4.69) is 19.2 Å². The summed E-state index contributed by atoms with van der Waals surface area (Å²) in [7, 11) is -1.94. The highest BCUT2D eigenvalue weighted by Crippen LogP contribution is 2.31. The van der Waals surface area contributed by atoms with Crippen LogP contribution in [0.25, 0.3) is 0 Å². The molecule has 0 aliphatic rings. The monoisotopic (exact) mass is 419 g/mol. The Morgan fingerprint density at radius 2 is 1.76 bits per heavy atom. The van der Waals surface area contributed by atoms with E-state index in [0.717, 1.165) is 5.56 Å². The normalized spacial score (nSPS) is 12.5. The Labute approximate surface area is 173 Å². The zero-order valence-electron chi connectivity index (χ0n) is 17.6. The van der Waals surface area contributed by atoms with Gasteiger partial charge in [0, 0.05) is 0 Å². The fourth-order valence-electron chi connectivity index (χ4n) is 2.77. The van der Waals surface area contributed by atoms with Crippen molar-refractivity contribution in [2.24, 2.45) is 5.92 Å². The minimum absolute atomic E-state index is 0.0437. The summed E-state index contributed by atoms with van der Waals surface area (Å²) in [6, 6.07) is 11.4. The molecule has 6 nitrogen and oxygen atoms in total. The topological polar surface area (TPSA) is 81.7 Å². The van der Waals surface area contributed by atoms with Crippen molar-refractivity contribution in [1.82, 2.24) is 5.32 Å². The Morgan fingerprint density at radius 1 is 1.07 bits per heavy atom. The van der Waals surface area contributed by atoms with E-state index in [1.54, 1.807) is 26.2 Å². The lowest BCUT2D eigenvalue weighted by Crippen LogP contribution is -2.28. The molecule has 1 atom stereocenters. The zero-order chi connectivity index (χ0) is 21.6. The second-order valence-electron chi connectivity index (χ2n) is 7.21. The first-order valence-electron chi connectivity index (χ1n) is 9.63. The third-order valence-corrected chi connectivity index (χ3v) is 6.24. The van der Waals surface area contributed by atoms with Crippen molar-refractivity contribution >= 4 is 15.7 Å². The SMILES string of the molecule is CCS(=O)(=O)c1ccccc1C(=O)NC(C)c1ccc(OCC(C)C)c(OC)c1. The van der Waals surface area contributed by atoms with E-state index in [9.17, 15) is 13.2 Å². The lowest BCUT2D eigenvalue weighted by molar-refractivity contribution is 0.0936. The number of hydrogen-bond donors (Lipinski definition) is 1. The van der Waals surface area contributed by atoms with Crippen LogP contribution in [-0.2, 0) is 9.84 Å². The van der Waals surface area contributed by atoms with E-state index in [-0.39, 0.29) is 22.3 Å². The van der Waals surface area contributed by atoms with Gasteiger partial charge in [-0.25, -0.2) is 8.42 Å². The van der Waals surface area contributed by atoms with Gasteiger partial charge in [0.05, 0.1) is 36.0 Å². The summed E-state index contributed by atoms with van der Waals surface area (Å²) in [4.78, 5) is 12.8. The standard InChI is InChI=1S/C22H29NO5S/c1-6-29(25,26)21-10-8-7-9-18(21)22(24)23-16(4)17-11-12-19(20(13-17)27-5)28-14-15(2)3/h7-13,15-16H,6,14H2,1-5H3,(H,23,24). The average Bonchev–Trinajstić information content (AvgIpc) is 2.71. The maximum atomic E-state index is 12.8. The highest BCUT2D eigenvalue weighted by atomic mass is 32.2. The quantitative estimate of drug-likeness (QED) is 0.664. The molecular formula is C22H29NO5S. The summed E-state index contributed by atoms with van der Waals surface area (Å²) in [6.07, 6.45) is 0. The third kappa shape index (κ3) is 5.73. The molecule has 0 bridgehead atoms. The Morgan fingerprint density at radius 3 is 2.38 bits per heavy atom. The molecule has 0 radical (unpaired) electrons. The Hall–Kier alpha value is -2.54. The number of rotatable bonds is 9. The molecule has 2 aromatic rings. The summed E-state index contributed by atoms with van der Waals surface area (Å²) in [6.45, 7) is 8.09. The molecule has 0 spiro atoms. The first-order chi connectivity index (χ1) is 13.7. The zero-order valence-corrected chi connectivity index (χ0v) is 18.4. The van der Waals surface area contributed by atoms with Crippen molar-refractivity contribution in [2.45, 2.75) is 38.6 Å². The molecule has 29 heavy (non-hydrogen) atoms. The fourth-order valence-corrected chi connectivity index (χ4v) is 3.86. The van der Waals surface area contributed by atoms with Gasteiger partial charge in [-0.3, -0.25) is 4.79 Å². The lowest BCUT2D eigenvalue weighted by atomic mass is 10.1. The lowest BCUT2D eigenvalue weighted by Gasteiger charge is -2.18. The molecule has 1 amide bonds. The minimum atomic E-state index is -3.50. The number of hydrogen-bond acceptors (Lipinski definition) is 5. The van der Waals surface area contributed by atoms with Crippen LogP contribution >= 0.6 is 0 Å². The molecule has 158 valence electrons. The highest BCUT2D eigenvalue weighted by molar-refractivity contribution is 7.91. The van der Waals surface area contributed by atoms with Gasteiger partial charge in [0.25, 0.3) is 5.91 Å². The molecule has 0 heterocycles. The molecule has 1 unspecified atom stereocenters. The molecule has 0 saturated carbocycles. The number of nitrogens with one attached hydrogen (secondary N) is 1. The Bertz CT molecular complexity index is 953. The number of benzene rings is 2. The van der Waals surface area contributed by atoms with Crippen molar-refractivity contribution in [3.8, 4) is 11.5 Å². The summed E-state index contributed by atoms with van der Waals surface area (Å²) in [5.74, 6) is 1.10. The van der Waals surface area contributed by atoms with Gasteiger partial charge in [-0.2, -0.15) is 0 Å². The third-order valence-electron chi connectivity index (χ3n) is 4.45. The van der Waals surface area contributed by atoms with Gasteiger partial charge in [0.1, 0.15) is 0 Å². The van der Waals surface area contributed by atoms with E-state index in [1.807, 2.05) is 25.1 Å². The number of sulfone groups is 1. The van der Waals surface area contributed by atoms with Crippen LogP contribution in [0.3, 0.4) is 0 Å². The molecular weight excluding hydrogens is 390 g/mol. The van der Waals surface area contributed by atoms with Crippen LogP contribution in [0, 0.1) is 5.92 Å². The number of carbonyl (C=O) groups excluding carboxylic acids is 1. The van der Waals surface area contributed by atoms with Gasteiger partial charge >= 0.3 is 0 Å². The molecule has 0 aliphatic heterocycles. The molecule has 2 aromatic carbocycles. The summed E-state index contributed by atoms with van der Waals surface area (Å²) < 4.78 is 35.8. The van der Waals surface area contributed by atoms with E-state index in [0.29, 0.717) is 24.0 Å². The molecule has 0 fully saturated rings. The number of amides is 1. The number of carbonyl (C=O) groups is 1. The molecule has 1 N–H and O–H groups in total. The second kappa shape index (κ2) is 9.78. The van der Waals surface area contributed by atoms with Gasteiger partial charge in [-0.05, 0) is 42.7 Å².